The molecule has 1 unspecified atom stereocenters. The maximum Gasteiger partial charge on any atom is 0.134 e. The Morgan fingerprint density at radius 3 is 2.50 bits per heavy atom. The molecule has 0 aromatic carbocycles. The highest BCUT2D eigenvalue weighted by molar-refractivity contribution is 5.03. The largest absolute Gasteiger partial charge is 0.335 e. The number of hydrogen-bond donors (Lipinski definition) is 1. The van der Waals surface area contributed by atoms with Crippen LogP contribution < -0.4 is 5.73 Å². The second-order valence-corrected chi connectivity index (χ2v) is 5.23. The Labute approximate surface area is 96.9 Å². The van der Waals surface area contributed by atoms with Crippen molar-refractivity contribution in [1.82, 2.24) is 9.55 Å². The summed E-state index contributed by atoms with van der Waals surface area (Å²) in [5, 5.41) is 0. The molecule has 16 heavy (non-hydrogen) atoms. The molecule has 1 rings (SSSR count). The number of nitrogens with two attached hydrogens (primary N) is 1. The second kappa shape index (κ2) is 4.53. The van der Waals surface area contributed by atoms with Gasteiger partial charge in [0, 0.05) is 31.9 Å². The first kappa shape index (κ1) is 13.2. The van der Waals surface area contributed by atoms with Crippen LogP contribution in [0.3, 0.4) is 0 Å². The topological polar surface area (TPSA) is 43.8 Å². The van der Waals surface area contributed by atoms with Gasteiger partial charge in [-0.05, 0) is 12.3 Å². The van der Waals surface area contributed by atoms with Crippen molar-refractivity contribution < 1.29 is 4.39 Å². The van der Waals surface area contributed by atoms with Crippen LogP contribution in [0, 0.1) is 5.41 Å². The smallest absolute Gasteiger partial charge is 0.134 e. The molecule has 0 aliphatic rings. The Hall–Kier alpha value is -0.900. The normalized spacial score (nSPS) is 16.1. The van der Waals surface area contributed by atoms with Crippen molar-refractivity contribution in [3.8, 4) is 0 Å². The summed E-state index contributed by atoms with van der Waals surface area (Å²) in [6, 6.07) is 0. The van der Waals surface area contributed by atoms with Gasteiger partial charge in [-0.15, -0.1) is 0 Å². The summed E-state index contributed by atoms with van der Waals surface area (Å²) >= 11 is 0. The zero-order valence-electron chi connectivity index (χ0n) is 10.6. The Morgan fingerprint density at radius 1 is 1.44 bits per heavy atom. The third-order valence-corrected chi connectivity index (χ3v) is 3.25. The second-order valence-electron chi connectivity index (χ2n) is 5.23. The predicted octanol–water partition coefficient (Wildman–Crippen LogP) is 2.16. The molecule has 1 atom stereocenters. The third-order valence-electron chi connectivity index (χ3n) is 3.25. The molecule has 0 amide bonds. The molecule has 1 aromatic heterocycles. The highest BCUT2D eigenvalue weighted by atomic mass is 19.1. The summed E-state index contributed by atoms with van der Waals surface area (Å²) in [6.45, 7) is 8.47. The van der Waals surface area contributed by atoms with E-state index < -0.39 is 11.1 Å². The molecule has 0 spiro atoms. The Bertz CT molecular complexity index is 340. The Morgan fingerprint density at radius 2 is 2.06 bits per heavy atom. The van der Waals surface area contributed by atoms with E-state index in [1.807, 2.05) is 38.5 Å². The fraction of sp³-hybridized carbons (Fsp3) is 0.750. The van der Waals surface area contributed by atoms with Gasteiger partial charge < -0.3 is 10.3 Å². The maximum atomic E-state index is 14.7. The van der Waals surface area contributed by atoms with Gasteiger partial charge in [-0.1, -0.05) is 20.8 Å². The Kier molecular flexibility index (Phi) is 3.73. The van der Waals surface area contributed by atoms with Crippen molar-refractivity contribution in [3.63, 3.8) is 0 Å². The molecule has 1 aromatic rings. The number of aryl methyl sites for hydroxylation is 1. The molecule has 0 radical (unpaired) electrons. The standard InChI is InChI=1S/C12H22FN3/c1-5-16-7-6-15-10(16)8-12(13,9-14)11(2,3)4/h6-7H,5,8-9,14H2,1-4H3. The van der Waals surface area contributed by atoms with Gasteiger partial charge in [0.05, 0.1) is 0 Å². The lowest BCUT2D eigenvalue weighted by Crippen LogP contribution is -2.47. The fourth-order valence-electron chi connectivity index (χ4n) is 1.69. The van der Waals surface area contributed by atoms with Gasteiger partial charge in [0.15, 0.2) is 0 Å². The van der Waals surface area contributed by atoms with Gasteiger partial charge in [0.25, 0.3) is 0 Å². The molecule has 4 heteroatoms. The van der Waals surface area contributed by atoms with Crippen molar-refractivity contribution >= 4 is 0 Å². The summed E-state index contributed by atoms with van der Waals surface area (Å²) in [4.78, 5) is 4.20. The highest BCUT2D eigenvalue weighted by Gasteiger charge is 2.42. The van der Waals surface area contributed by atoms with Crippen LogP contribution in [0.15, 0.2) is 12.4 Å². The summed E-state index contributed by atoms with van der Waals surface area (Å²) in [5.41, 5.74) is 3.70. The van der Waals surface area contributed by atoms with Crippen LogP contribution in [0.5, 0.6) is 0 Å². The van der Waals surface area contributed by atoms with E-state index in [1.165, 1.54) is 0 Å². The SMILES string of the molecule is CCn1ccnc1CC(F)(CN)C(C)(C)C. The number of hydrogen-bond acceptors (Lipinski definition) is 2. The zero-order chi connectivity index (χ0) is 12.4. The lowest BCUT2D eigenvalue weighted by molar-refractivity contribution is 0.0355. The number of halogens is 1. The lowest BCUT2D eigenvalue weighted by Gasteiger charge is -2.36. The summed E-state index contributed by atoms with van der Waals surface area (Å²) < 4.78 is 16.7. The molecular formula is C12H22FN3. The summed E-state index contributed by atoms with van der Waals surface area (Å²) in [7, 11) is 0. The summed E-state index contributed by atoms with van der Waals surface area (Å²) in [6.07, 6.45) is 3.85. The lowest BCUT2D eigenvalue weighted by atomic mass is 9.75. The first-order valence-electron chi connectivity index (χ1n) is 5.73. The number of alkyl halides is 1. The number of aromatic nitrogens is 2. The molecule has 0 fully saturated rings. The van der Waals surface area contributed by atoms with Gasteiger partial charge in [-0.3, -0.25) is 0 Å². The van der Waals surface area contributed by atoms with Gasteiger partial charge in [0.2, 0.25) is 0 Å². The van der Waals surface area contributed by atoms with Crippen LogP contribution >= 0.6 is 0 Å². The van der Waals surface area contributed by atoms with E-state index in [9.17, 15) is 4.39 Å². The highest BCUT2D eigenvalue weighted by Crippen LogP contribution is 2.35. The number of nitrogens with zero attached hydrogens (tertiary/aromatic N) is 2. The van der Waals surface area contributed by atoms with Crippen molar-refractivity contribution in [1.29, 1.82) is 0 Å². The van der Waals surface area contributed by atoms with Crippen LogP contribution in [-0.4, -0.2) is 21.8 Å². The van der Waals surface area contributed by atoms with E-state index in [4.69, 9.17) is 5.73 Å². The van der Waals surface area contributed by atoms with Crippen molar-refractivity contribution in [2.24, 2.45) is 11.1 Å². The molecule has 3 nitrogen and oxygen atoms in total. The first-order valence-corrected chi connectivity index (χ1v) is 5.73. The first-order chi connectivity index (χ1) is 7.34. The van der Waals surface area contributed by atoms with Gasteiger partial charge in [-0.25, -0.2) is 9.37 Å². The molecule has 1 heterocycles. The molecule has 0 aliphatic heterocycles. The monoisotopic (exact) mass is 227 g/mol. The summed E-state index contributed by atoms with van der Waals surface area (Å²) in [5.74, 6) is 0.769. The third kappa shape index (κ3) is 2.43. The molecule has 2 N–H and O–H groups in total. The molecule has 0 saturated carbocycles. The number of imidazole rings is 1. The molecular weight excluding hydrogens is 205 g/mol. The van der Waals surface area contributed by atoms with Gasteiger partial charge >= 0.3 is 0 Å². The fourth-order valence-corrected chi connectivity index (χ4v) is 1.69. The van der Waals surface area contributed by atoms with Crippen LogP contribution in [0.2, 0.25) is 0 Å². The minimum Gasteiger partial charge on any atom is -0.335 e. The van der Waals surface area contributed by atoms with E-state index in [-0.39, 0.29) is 13.0 Å². The van der Waals surface area contributed by atoms with Gasteiger partial charge in [-0.2, -0.15) is 0 Å². The van der Waals surface area contributed by atoms with Crippen LogP contribution in [0.4, 0.5) is 4.39 Å². The van der Waals surface area contributed by atoms with E-state index >= 15 is 0 Å². The van der Waals surface area contributed by atoms with E-state index in [0.717, 1.165) is 12.4 Å². The van der Waals surface area contributed by atoms with Crippen LogP contribution in [-0.2, 0) is 13.0 Å². The van der Waals surface area contributed by atoms with Crippen molar-refractivity contribution in [2.45, 2.75) is 46.3 Å². The predicted molar refractivity (Wildman–Crippen MR) is 64.0 cm³/mol. The van der Waals surface area contributed by atoms with Crippen molar-refractivity contribution in [3.05, 3.63) is 18.2 Å². The zero-order valence-corrected chi connectivity index (χ0v) is 10.6. The van der Waals surface area contributed by atoms with E-state index in [0.29, 0.717) is 0 Å². The van der Waals surface area contributed by atoms with Gasteiger partial charge in [0.1, 0.15) is 11.5 Å². The molecule has 0 saturated heterocycles. The maximum absolute atomic E-state index is 14.7. The average Bonchev–Trinajstić information content (AvgIpc) is 2.63. The molecule has 0 aliphatic carbocycles. The van der Waals surface area contributed by atoms with Crippen LogP contribution in [0.25, 0.3) is 0 Å². The van der Waals surface area contributed by atoms with E-state index in [2.05, 4.69) is 4.98 Å². The Balaban J connectivity index is 2.94. The minimum atomic E-state index is -1.41. The van der Waals surface area contributed by atoms with E-state index in [1.54, 1.807) is 6.20 Å². The quantitative estimate of drug-likeness (QED) is 0.856. The minimum absolute atomic E-state index is 0.0209. The molecule has 92 valence electrons. The van der Waals surface area contributed by atoms with Crippen molar-refractivity contribution in [2.75, 3.05) is 6.54 Å². The molecule has 0 bridgehead atoms. The average molecular weight is 227 g/mol. The van der Waals surface area contributed by atoms with Crippen LogP contribution in [0.1, 0.15) is 33.5 Å². The number of rotatable bonds is 4.